The molecule has 0 saturated heterocycles. The topological polar surface area (TPSA) is 58.9 Å². The summed E-state index contributed by atoms with van der Waals surface area (Å²) < 4.78 is 0. The van der Waals surface area contributed by atoms with Crippen LogP contribution in [0.15, 0.2) is 88.8 Å². The van der Waals surface area contributed by atoms with Gasteiger partial charge >= 0.3 is 0 Å². The molecule has 3 aromatic carbocycles. The summed E-state index contributed by atoms with van der Waals surface area (Å²) in [5.74, 6) is -0.156. The van der Waals surface area contributed by atoms with Gasteiger partial charge in [0.15, 0.2) is 0 Å². The predicted molar refractivity (Wildman–Crippen MR) is 95.8 cm³/mol. The first-order chi connectivity index (χ1) is 12.3. The van der Waals surface area contributed by atoms with Gasteiger partial charge in [0.2, 0.25) is 12.2 Å². The van der Waals surface area contributed by atoms with E-state index in [-0.39, 0.29) is 5.92 Å². The average Bonchev–Trinajstić information content (AvgIpc) is 2.66. The van der Waals surface area contributed by atoms with Gasteiger partial charge in [0, 0.05) is 5.92 Å². The third-order valence-corrected chi connectivity index (χ3v) is 3.95. The lowest BCUT2D eigenvalue weighted by atomic mass is 9.84. The second-order valence-corrected chi connectivity index (χ2v) is 5.38. The number of carbonyl (C=O) groups excluding carboxylic acids is 2. The van der Waals surface area contributed by atoms with E-state index in [2.05, 4.69) is 9.98 Å². The molecule has 0 aliphatic carbocycles. The van der Waals surface area contributed by atoms with Crippen LogP contribution in [0.5, 0.6) is 0 Å². The number of nitrogens with zero attached hydrogens (tertiary/aromatic N) is 2. The van der Waals surface area contributed by atoms with E-state index in [0.717, 1.165) is 16.7 Å². The number of para-hydroxylation sites is 1. The second kappa shape index (κ2) is 7.80. The quantitative estimate of drug-likeness (QED) is 0.384. The third kappa shape index (κ3) is 3.51. The maximum absolute atomic E-state index is 10.9. The number of rotatable bonds is 5. The van der Waals surface area contributed by atoms with E-state index in [9.17, 15) is 9.59 Å². The van der Waals surface area contributed by atoms with Crippen LogP contribution in [0.4, 0.5) is 11.4 Å². The Kier molecular flexibility index (Phi) is 5.08. The molecule has 0 aromatic heterocycles. The lowest BCUT2D eigenvalue weighted by Gasteiger charge is -2.20. The first-order valence-corrected chi connectivity index (χ1v) is 7.73. The highest BCUT2D eigenvalue weighted by Gasteiger charge is 2.21. The molecule has 0 heterocycles. The van der Waals surface area contributed by atoms with Gasteiger partial charge in [-0.2, -0.15) is 9.98 Å². The Bertz CT molecular complexity index is 916. The molecular weight excluding hydrogens is 312 g/mol. The lowest BCUT2D eigenvalue weighted by Crippen LogP contribution is -2.03. The first kappa shape index (κ1) is 16.3. The highest BCUT2D eigenvalue weighted by Crippen LogP contribution is 2.41. The van der Waals surface area contributed by atoms with Crippen LogP contribution in [-0.2, 0) is 9.59 Å². The minimum absolute atomic E-state index is 0.156. The van der Waals surface area contributed by atoms with E-state index in [1.54, 1.807) is 18.2 Å². The summed E-state index contributed by atoms with van der Waals surface area (Å²) in [4.78, 5) is 29.2. The summed E-state index contributed by atoms with van der Waals surface area (Å²) >= 11 is 0. The highest BCUT2D eigenvalue weighted by atomic mass is 16.1. The van der Waals surface area contributed by atoms with Crippen molar-refractivity contribution in [3.05, 3.63) is 95.6 Å². The predicted octanol–water partition coefficient (Wildman–Crippen LogP) is 4.80. The summed E-state index contributed by atoms with van der Waals surface area (Å²) in [5, 5.41) is 0. The van der Waals surface area contributed by atoms with Crippen LogP contribution in [0.3, 0.4) is 0 Å². The summed E-state index contributed by atoms with van der Waals surface area (Å²) in [5.41, 5.74) is 3.50. The van der Waals surface area contributed by atoms with Crippen LogP contribution in [0.2, 0.25) is 0 Å². The zero-order chi connectivity index (χ0) is 17.5. The Labute approximate surface area is 145 Å². The van der Waals surface area contributed by atoms with Gasteiger partial charge in [-0.25, -0.2) is 9.59 Å². The summed E-state index contributed by atoms with van der Waals surface area (Å²) in [6.07, 6.45) is 3.08. The zero-order valence-corrected chi connectivity index (χ0v) is 13.3. The van der Waals surface area contributed by atoms with Crippen molar-refractivity contribution in [2.45, 2.75) is 5.92 Å². The Morgan fingerprint density at radius 3 is 1.72 bits per heavy atom. The lowest BCUT2D eigenvalue weighted by molar-refractivity contribution is 0.564. The van der Waals surface area contributed by atoms with E-state index in [0.29, 0.717) is 11.4 Å². The maximum Gasteiger partial charge on any atom is 0.240 e. The van der Waals surface area contributed by atoms with Gasteiger partial charge in [-0.3, -0.25) is 0 Å². The number of isocyanates is 2. The fraction of sp³-hybridized carbons (Fsp3) is 0.0476. The molecule has 4 nitrogen and oxygen atoms in total. The molecule has 0 atom stereocenters. The van der Waals surface area contributed by atoms with Crippen molar-refractivity contribution in [1.82, 2.24) is 0 Å². The molecule has 25 heavy (non-hydrogen) atoms. The monoisotopic (exact) mass is 326 g/mol. The molecule has 0 fully saturated rings. The van der Waals surface area contributed by atoms with Crippen LogP contribution in [0.1, 0.15) is 22.6 Å². The number of hydrogen-bond acceptors (Lipinski definition) is 4. The Hall–Kier alpha value is -3.58. The van der Waals surface area contributed by atoms with Gasteiger partial charge in [-0.05, 0) is 22.8 Å². The molecule has 120 valence electrons. The van der Waals surface area contributed by atoms with E-state index in [1.165, 1.54) is 6.08 Å². The molecule has 0 bridgehead atoms. The largest absolute Gasteiger partial charge is 0.240 e. The fourth-order valence-electron chi connectivity index (χ4n) is 2.93. The fourth-order valence-corrected chi connectivity index (χ4v) is 2.93. The minimum atomic E-state index is -0.156. The van der Waals surface area contributed by atoms with Gasteiger partial charge in [0.25, 0.3) is 0 Å². The molecule has 4 heteroatoms. The van der Waals surface area contributed by atoms with Crippen LogP contribution < -0.4 is 0 Å². The smallest absolute Gasteiger partial charge is 0.211 e. The molecule has 0 saturated carbocycles. The zero-order valence-electron chi connectivity index (χ0n) is 13.3. The molecular formula is C21H14N2O2. The van der Waals surface area contributed by atoms with Gasteiger partial charge in [0.05, 0.1) is 0 Å². The molecule has 0 radical (unpaired) electrons. The average molecular weight is 326 g/mol. The normalized spacial score (nSPS) is 9.96. The third-order valence-electron chi connectivity index (χ3n) is 3.95. The number of hydrogen-bond donors (Lipinski definition) is 0. The maximum atomic E-state index is 10.9. The van der Waals surface area contributed by atoms with Crippen LogP contribution in [0, 0.1) is 0 Å². The molecule has 3 aromatic rings. The molecule has 0 aliphatic heterocycles. The van der Waals surface area contributed by atoms with E-state index < -0.39 is 0 Å². The molecule has 0 N–H and O–H groups in total. The number of benzene rings is 3. The van der Waals surface area contributed by atoms with Crippen molar-refractivity contribution in [1.29, 1.82) is 0 Å². The summed E-state index contributed by atoms with van der Waals surface area (Å²) in [7, 11) is 0. The Morgan fingerprint density at radius 2 is 1.20 bits per heavy atom. The van der Waals surface area contributed by atoms with Gasteiger partial charge < -0.3 is 0 Å². The first-order valence-electron chi connectivity index (χ1n) is 7.73. The molecule has 0 unspecified atom stereocenters. The van der Waals surface area contributed by atoms with Crippen LogP contribution in [0.25, 0.3) is 0 Å². The van der Waals surface area contributed by atoms with E-state index >= 15 is 0 Å². The van der Waals surface area contributed by atoms with E-state index in [4.69, 9.17) is 0 Å². The van der Waals surface area contributed by atoms with Gasteiger partial charge in [-0.15, -0.1) is 0 Å². The molecule has 0 aliphatic rings. The van der Waals surface area contributed by atoms with Crippen molar-refractivity contribution in [2.24, 2.45) is 9.98 Å². The Morgan fingerprint density at radius 1 is 0.640 bits per heavy atom. The summed E-state index contributed by atoms with van der Waals surface area (Å²) in [6.45, 7) is 0. The summed E-state index contributed by atoms with van der Waals surface area (Å²) in [6, 6.07) is 25.1. The van der Waals surface area contributed by atoms with Crippen molar-refractivity contribution in [3.8, 4) is 0 Å². The standard InChI is InChI=1S/C21H14N2O2/c24-14-22-19-13-7-12-18(21(19)23-15-25)20(16-8-3-1-4-9-16)17-10-5-2-6-11-17/h1-13,20H. The van der Waals surface area contributed by atoms with Crippen LogP contribution >= 0.6 is 0 Å². The van der Waals surface area contributed by atoms with Crippen molar-refractivity contribution in [3.63, 3.8) is 0 Å². The van der Waals surface area contributed by atoms with Crippen molar-refractivity contribution >= 4 is 23.5 Å². The van der Waals surface area contributed by atoms with Crippen molar-refractivity contribution < 1.29 is 9.59 Å². The molecule has 0 amide bonds. The second-order valence-electron chi connectivity index (χ2n) is 5.38. The van der Waals surface area contributed by atoms with E-state index in [1.807, 2.05) is 66.7 Å². The SMILES string of the molecule is O=C=Nc1cccc(C(c2ccccc2)c2ccccc2)c1N=C=O. The molecule has 0 spiro atoms. The highest BCUT2D eigenvalue weighted by molar-refractivity contribution is 5.73. The van der Waals surface area contributed by atoms with Crippen molar-refractivity contribution in [2.75, 3.05) is 0 Å². The van der Waals surface area contributed by atoms with Gasteiger partial charge in [-0.1, -0.05) is 72.8 Å². The van der Waals surface area contributed by atoms with Crippen LogP contribution in [-0.4, -0.2) is 12.2 Å². The Balaban J connectivity index is 2.29. The molecule has 3 rings (SSSR count). The number of aliphatic imine (C=N–C) groups is 2. The van der Waals surface area contributed by atoms with Gasteiger partial charge in [0.1, 0.15) is 11.4 Å². The minimum Gasteiger partial charge on any atom is -0.211 e.